The topological polar surface area (TPSA) is 43.7 Å². The first-order valence-electron chi connectivity index (χ1n) is 8.51. The zero-order valence-corrected chi connectivity index (χ0v) is 15.2. The third kappa shape index (κ3) is 4.19. The van der Waals surface area contributed by atoms with Gasteiger partial charge in [-0.2, -0.15) is 0 Å². The highest BCUT2D eigenvalue weighted by Crippen LogP contribution is 2.33. The molecular formula is C19H19F6NO2. The van der Waals surface area contributed by atoms with Gasteiger partial charge in [-0.05, 0) is 19.9 Å². The Morgan fingerprint density at radius 2 is 1.32 bits per heavy atom. The Bertz CT molecular complexity index is 888. The summed E-state index contributed by atoms with van der Waals surface area (Å²) in [6, 6.07) is 0.389. The molecule has 2 aromatic rings. The first-order valence-corrected chi connectivity index (χ1v) is 8.51. The molecule has 0 unspecified atom stereocenters. The Morgan fingerprint density at radius 1 is 0.786 bits per heavy atom. The summed E-state index contributed by atoms with van der Waals surface area (Å²) in [5.41, 5.74) is -1.53. The molecule has 2 N–H and O–H groups in total. The number of aromatic hydroxyl groups is 2. The summed E-state index contributed by atoms with van der Waals surface area (Å²) >= 11 is 0. The van der Waals surface area contributed by atoms with Gasteiger partial charge in [0.2, 0.25) is 0 Å². The molecule has 0 radical (unpaired) electrons. The van der Waals surface area contributed by atoms with Gasteiger partial charge in [-0.25, -0.2) is 26.3 Å². The standard InChI is InChI=1S/C19H19F6NO2/c1-3-4-5-9-14(21)18(25)16(23)11(19(9)28)8-26(2)7-10-13(27)6-12(20)17(24)15(10)22/h6,27-28H,3-5,7-8H2,1-2H3. The van der Waals surface area contributed by atoms with Crippen LogP contribution in [0.2, 0.25) is 0 Å². The lowest BCUT2D eigenvalue weighted by Crippen LogP contribution is -2.20. The molecule has 154 valence electrons. The van der Waals surface area contributed by atoms with Crippen molar-refractivity contribution in [2.45, 2.75) is 39.3 Å². The summed E-state index contributed by atoms with van der Waals surface area (Å²) in [4.78, 5) is 1.12. The minimum absolute atomic E-state index is 0.0132. The van der Waals surface area contributed by atoms with E-state index in [1.807, 2.05) is 0 Å². The highest BCUT2D eigenvalue weighted by Gasteiger charge is 2.26. The van der Waals surface area contributed by atoms with E-state index in [1.165, 1.54) is 7.05 Å². The second-order valence-corrected chi connectivity index (χ2v) is 6.51. The van der Waals surface area contributed by atoms with Crippen LogP contribution in [0.5, 0.6) is 11.5 Å². The Hall–Kier alpha value is -2.42. The number of phenolic OH excluding ortho intramolecular Hbond substituents is 2. The van der Waals surface area contributed by atoms with E-state index >= 15 is 0 Å². The molecule has 2 rings (SSSR count). The first-order chi connectivity index (χ1) is 13.1. The Balaban J connectivity index is 2.36. The van der Waals surface area contributed by atoms with E-state index in [0.29, 0.717) is 18.9 Å². The predicted molar refractivity (Wildman–Crippen MR) is 89.7 cm³/mol. The summed E-state index contributed by atoms with van der Waals surface area (Å²) in [6.45, 7) is 0.773. The van der Waals surface area contributed by atoms with Crippen molar-refractivity contribution in [3.63, 3.8) is 0 Å². The third-order valence-corrected chi connectivity index (χ3v) is 4.36. The summed E-state index contributed by atoms with van der Waals surface area (Å²) in [6.07, 6.45) is 1.04. The predicted octanol–water partition coefficient (Wildman–Crippen LogP) is 4.91. The van der Waals surface area contributed by atoms with Crippen molar-refractivity contribution in [3.8, 4) is 11.5 Å². The third-order valence-electron chi connectivity index (χ3n) is 4.36. The molecule has 0 amide bonds. The molecule has 0 spiro atoms. The van der Waals surface area contributed by atoms with Crippen molar-refractivity contribution < 1.29 is 36.6 Å². The van der Waals surface area contributed by atoms with Crippen LogP contribution in [0.3, 0.4) is 0 Å². The molecule has 3 nitrogen and oxygen atoms in total. The van der Waals surface area contributed by atoms with Gasteiger partial charge in [0, 0.05) is 35.8 Å². The van der Waals surface area contributed by atoms with Crippen LogP contribution in [-0.4, -0.2) is 22.2 Å². The van der Waals surface area contributed by atoms with Crippen LogP contribution in [0, 0.1) is 34.9 Å². The Labute approximate surface area is 157 Å². The monoisotopic (exact) mass is 407 g/mol. The van der Waals surface area contributed by atoms with Crippen molar-refractivity contribution in [3.05, 3.63) is 57.7 Å². The van der Waals surface area contributed by atoms with E-state index in [1.54, 1.807) is 6.92 Å². The highest BCUT2D eigenvalue weighted by atomic mass is 19.2. The van der Waals surface area contributed by atoms with Gasteiger partial charge < -0.3 is 10.2 Å². The summed E-state index contributed by atoms with van der Waals surface area (Å²) in [7, 11) is 1.28. The van der Waals surface area contributed by atoms with Gasteiger partial charge in [0.25, 0.3) is 0 Å². The number of hydrogen-bond donors (Lipinski definition) is 2. The van der Waals surface area contributed by atoms with Crippen molar-refractivity contribution in [1.82, 2.24) is 4.90 Å². The van der Waals surface area contributed by atoms with Crippen LogP contribution in [-0.2, 0) is 19.5 Å². The minimum atomic E-state index is -1.79. The van der Waals surface area contributed by atoms with E-state index in [-0.39, 0.29) is 12.0 Å². The highest BCUT2D eigenvalue weighted by molar-refractivity contribution is 5.43. The number of unbranched alkanes of at least 4 members (excludes halogenated alkanes) is 1. The molecule has 0 atom stereocenters. The summed E-state index contributed by atoms with van der Waals surface area (Å²) < 4.78 is 82.3. The molecule has 0 heterocycles. The van der Waals surface area contributed by atoms with E-state index in [4.69, 9.17) is 0 Å². The second-order valence-electron chi connectivity index (χ2n) is 6.51. The van der Waals surface area contributed by atoms with Crippen LogP contribution in [0.4, 0.5) is 26.3 Å². The zero-order chi connectivity index (χ0) is 21.2. The molecular weight excluding hydrogens is 388 g/mol. The average Bonchev–Trinajstić information content (AvgIpc) is 2.65. The molecule has 0 aliphatic carbocycles. The number of rotatable bonds is 7. The van der Waals surface area contributed by atoms with Gasteiger partial charge in [0.05, 0.1) is 0 Å². The SMILES string of the molecule is CCCCc1c(O)c(CN(C)Cc2c(O)cc(F)c(F)c2F)c(F)c(F)c1F. The Kier molecular flexibility index (Phi) is 6.82. The molecule has 0 saturated heterocycles. The molecule has 0 aliphatic rings. The molecule has 0 aliphatic heterocycles. The van der Waals surface area contributed by atoms with Crippen LogP contribution >= 0.6 is 0 Å². The van der Waals surface area contributed by atoms with E-state index in [0.717, 1.165) is 4.90 Å². The average molecular weight is 407 g/mol. The largest absolute Gasteiger partial charge is 0.507 e. The van der Waals surface area contributed by atoms with Gasteiger partial charge in [0.15, 0.2) is 34.9 Å². The van der Waals surface area contributed by atoms with Gasteiger partial charge in [-0.1, -0.05) is 13.3 Å². The minimum Gasteiger partial charge on any atom is -0.507 e. The van der Waals surface area contributed by atoms with Crippen LogP contribution in [0.15, 0.2) is 6.07 Å². The van der Waals surface area contributed by atoms with E-state index in [2.05, 4.69) is 0 Å². The fourth-order valence-corrected chi connectivity index (χ4v) is 2.84. The van der Waals surface area contributed by atoms with E-state index < -0.39 is 70.6 Å². The summed E-state index contributed by atoms with van der Waals surface area (Å²) in [5, 5.41) is 19.8. The molecule has 2 aromatic carbocycles. The van der Waals surface area contributed by atoms with Crippen LogP contribution in [0.1, 0.15) is 36.5 Å². The molecule has 9 heteroatoms. The smallest absolute Gasteiger partial charge is 0.195 e. The van der Waals surface area contributed by atoms with Crippen molar-refractivity contribution in [2.24, 2.45) is 0 Å². The van der Waals surface area contributed by atoms with Gasteiger partial charge in [-0.15, -0.1) is 0 Å². The number of benzene rings is 2. The quantitative estimate of drug-likeness (QED) is 0.507. The van der Waals surface area contributed by atoms with Crippen molar-refractivity contribution >= 4 is 0 Å². The maximum atomic E-state index is 14.2. The van der Waals surface area contributed by atoms with Crippen LogP contribution in [0.25, 0.3) is 0 Å². The van der Waals surface area contributed by atoms with E-state index in [9.17, 15) is 36.6 Å². The lowest BCUT2D eigenvalue weighted by atomic mass is 10.0. The maximum absolute atomic E-state index is 14.2. The van der Waals surface area contributed by atoms with Gasteiger partial charge in [0.1, 0.15) is 11.5 Å². The molecule has 28 heavy (non-hydrogen) atoms. The second kappa shape index (κ2) is 8.72. The van der Waals surface area contributed by atoms with Gasteiger partial charge >= 0.3 is 0 Å². The van der Waals surface area contributed by atoms with Crippen molar-refractivity contribution in [2.75, 3.05) is 7.05 Å². The zero-order valence-electron chi connectivity index (χ0n) is 15.2. The normalized spacial score (nSPS) is 11.5. The number of nitrogens with zero attached hydrogens (tertiary/aromatic N) is 1. The molecule has 0 saturated carbocycles. The number of phenols is 2. The number of halogens is 6. The fourth-order valence-electron chi connectivity index (χ4n) is 2.84. The first kappa shape index (κ1) is 21.9. The summed E-state index contributed by atoms with van der Waals surface area (Å²) in [5.74, 6) is -11.4. The van der Waals surface area contributed by atoms with Crippen LogP contribution < -0.4 is 0 Å². The lowest BCUT2D eigenvalue weighted by molar-refractivity contribution is 0.286. The van der Waals surface area contributed by atoms with Gasteiger partial charge in [-0.3, -0.25) is 4.90 Å². The lowest BCUT2D eigenvalue weighted by Gasteiger charge is -2.21. The Morgan fingerprint density at radius 3 is 1.93 bits per heavy atom. The molecule has 0 bridgehead atoms. The fraction of sp³-hybridized carbons (Fsp3) is 0.368. The molecule has 0 aromatic heterocycles. The number of hydrogen-bond acceptors (Lipinski definition) is 3. The maximum Gasteiger partial charge on any atom is 0.195 e. The van der Waals surface area contributed by atoms with Crippen molar-refractivity contribution in [1.29, 1.82) is 0 Å². The molecule has 0 fully saturated rings.